The Balaban J connectivity index is 1.80. The van der Waals surface area contributed by atoms with Crippen LogP contribution in [0.25, 0.3) is 0 Å². The highest BCUT2D eigenvalue weighted by Gasteiger charge is 2.45. The largest absolute Gasteiger partial charge is 0.325 e. The number of carbonyl (C=O) groups is 1. The van der Waals surface area contributed by atoms with Crippen molar-refractivity contribution in [1.82, 2.24) is 4.31 Å². The van der Waals surface area contributed by atoms with Gasteiger partial charge in [0.05, 0.1) is 10.3 Å². The van der Waals surface area contributed by atoms with Gasteiger partial charge in [-0.15, -0.1) is 0 Å². The Hall–Kier alpha value is -2.25. The van der Waals surface area contributed by atoms with Gasteiger partial charge in [0, 0.05) is 18.8 Å². The van der Waals surface area contributed by atoms with Gasteiger partial charge in [0.25, 0.3) is 0 Å². The van der Waals surface area contributed by atoms with Crippen molar-refractivity contribution in [1.29, 1.82) is 0 Å². The second-order valence-corrected chi connectivity index (χ2v) is 9.54. The van der Waals surface area contributed by atoms with Crippen LogP contribution in [0, 0.1) is 5.82 Å². The minimum Gasteiger partial charge on any atom is -0.325 e. The van der Waals surface area contributed by atoms with Crippen molar-refractivity contribution in [2.45, 2.75) is 49.5 Å². The number of nitrogens with one attached hydrogen (secondary N) is 1. The summed E-state index contributed by atoms with van der Waals surface area (Å²) >= 11 is 0. The topological polar surface area (TPSA) is 66.5 Å². The number of halogens is 1. The minimum absolute atomic E-state index is 0.158. The predicted octanol–water partition coefficient (Wildman–Crippen LogP) is 3.92. The molecule has 1 saturated carbocycles. The van der Waals surface area contributed by atoms with E-state index < -0.39 is 15.4 Å². The molecule has 0 bridgehead atoms. The van der Waals surface area contributed by atoms with Gasteiger partial charge < -0.3 is 5.32 Å². The molecule has 1 aliphatic rings. The second kappa shape index (κ2) is 7.64. The Kier molecular flexibility index (Phi) is 5.59. The van der Waals surface area contributed by atoms with Gasteiger partial charge in [-0.2, -0.15) is 4.31 Å². The molecule has 0 heterocycles. The molecule has 5 nitrogen and oxygen atoms in total. The first-order valence-electron chi connectivity index (χ1n) is 9.32. The van der Waals surface area contributed by atoms with E-state index in [1.54, 1.807) is 38.1 Å². The van der Waals surface area contributed by atoms with Crippen molar-refractivity contribution < 1.29 is 17.6 Å². The molecule has 7 heteroatoms. The molecule has 150 valence electrons. The van der Waals surface area contributed by atoms with Gasteiger partial charge in [0.2, 0.25) is 15.9 Å². The van der Waals surface area contributed by atoms with E-state index in [0.717, 1.165) is 6.42 Å². The number of amides is 1. The normalized spacial score (nSPS) is 16.1. The standard InChI is InChI=1S/C21H25FN2O3S/c1-15(2)24(3)28(26,27)19-10-8-18(9-11-19)23-20(25)21(12-5-13-21)16-6-4-7-17(22)14-16/h4,6-11,14-15H,5,12-13H2,1-3H3,(H,23,25). The van der Waals surface area contributed by atoms with E-state index >= 15 is 0 Å². The number of anilines is 1. The van der Waals surface area contributed by atoms with Gasteiger partial charge >= 0.3 is 0 Å². The molecule has 1 fully saturated rings. The van der Waals surface area contributed by atoms with Crippen molar-refractivity contribution in [3.05, 3.63) is 59.9 Å². The van der Waals surface area contributed by atoms with Crippen LogP contribution in [-0.2, 0) is 20.2 Å². The number of nitrogens with zero attached hydrogens (tertiary/aromatic N) is 1. The highest BCUT2D eigenvalue weighted by molar-refractivity contribution is 7.89. The van der Waals surface area contributed by atoms with Gasteiger partial charge in [-0.3, -0.25) is 4.79 Å². The highest BCUT2D eigenvalue weighted by atomic mass is 32.2. The summed E-state index contributed by atoms with van der Waals surface area (Å²) in [6.07, 6.45) is 2.23. The fourth-order valence-corrected chi connectivity index (χ4v) is 4.74. The van der Waals surface area contributed by atoms with Crippen molar-refractivity contribution in [2.75, 3.05) is 12.4 Å². The van der Waals surface area contributed by atoms with E-state index in [1.807, 2.05) is 0 Å². The molecular formula is C21H25FN2O3S. The lowest BCUT2D eigenvalue weighted by molar-refractivity contribution is -0.124. The maximum atomic E-state index is 13.6. The Labute approximate surface area is 165 Å². The van der Waals surface area contributed by atoms with Crippen molar-refractivity contribution in [3.63, 3.8) is 0 Å². The third kappa shape index (κ3) is 3.69. The van der Waals surface area contributed by atoms with E-state index in [4.69, 9.17) is 0 Å². The molecule has 28 heavy (non-hydrogen) atoms. The number of sulfonamides is 1. The monoisotopic (exact) mass is 404 g/mol. The van der Waals surface area contributed by atoms with Crippen molar-refractivity contribution in [2.24, 2.45) is 0 Å². The molecule has 2 aromatic rings. The van der Waals surface area contributed by atoms with Gasteiger partial charge in [0.1, 0.15) is 5.82 Å². The van der Waals surface area contributed by atoms with Crippen LogP contribution in [0.15, 0.2) is 53.4 Å². The lowest BCUT2D eigenvalue weighted by Gasteiger charge is -2.40. The SMILES string of the molecule is CC(C)N(C)S(=O)(=O)c1ccc(NC(=O)C2(c3cccc(F)c3)CCC2)cc1. The quantitative estimate of drug-likeness (QED) is 0.794. The fourth-order valence-electron chi connectivity index (χ4n) is 3.37. The van der Waals surface area contributed by atoms with Crippen molar-refractivity contribution >= 4 is 21.6 Å². The lowest BCUT2D eigenvalue weighted by Crippen LogP contribution is -2.46. The summed E-state index contributed by atoms with van der Waals surface area (Å²) in [6.45, 7) is 3.60. The third-order valence-corrected chi connectivity index (χ3v) is 7.58. The molecule has 0 radical (unpaired) electrons. The van der Waals surface area contributed by atoms with Crippen molar-refractivity contribution in [3.8, 4) is 0 Å². The zero-order chi connectivity index (χ0) is 20.5. The molecule has 0 spiro atoms. The molecule has 1 N–H and O–H groups in total. The number of hydrogen-bond donors (Lipinski definition) is 1. The summed E-state index contributed by atoms with van der Waals surface area (Å²) in [7, 11) is -2.04. The summed E-state index contributed by atoms with van der Waals surface area (Å²) < 4.78 is 40.0. The predicted molar refractivity (Wildman–Crippen MR) is 107 cm³/mol. The molecular weight excluding hydrogens is 379 g/mol. The molecule has 1 amide bonds. The van der Waals surface area contributed by atoms with E-state index in [-0.39, 0.29) is 22.7 Å². The Morgan fingerprint density at radius 1 is 1.14 bits per heavy atom. The molecule has 0 atom stereocenters. The Morgan fingerprint density at radius 2 is 1.79 bits per heavy atom. The Morgan fingerprint density at radius 3 is 2.29 bits per heavy atom. The minimum atomic E-state index is -3.57. The summed E-state index contributed by atoms with van der Waals surface area (Å²) in [5, 5.41) is 2.86. The average Bonchev–Trinajstić information content (AvgIpc) is 2.60. The van der Waals surface area contributed by atoms with Crippen LogP contribution < -0.4 is 5.32 Å². The molecule has 0 aliphatic heterocycles. The highest BCUT2D eigenvalue weighted by Crippen LogP contribution is 2.44. The van der Waals surface area contributed by atoms with Gasteiger partial charge in [-0.1, -0.05) is 18.6 Å². The fraction of sp³-hybridized carbons (Fsp3) is 0.381. The summed E-state index contributed by atoms with van der Waals surface area (Å²) in [4.78, 5) is 13.1. The summed E-state index contributed by atoms with van der Waals surface area (Å²) in [5.41, 5.74) is 0.456. The van der Waals surface area contributed by atoms with Crippen LogP contribution in [-0.4, -0.2) is 31.7 Å². The number of rotatable bonds is 6. The maximum Gasteiger partial charge on any atom is 0.243 e. The van der Waals surface area contributed by atoms with Crippen LogP contribution >= 0.6 is 0 Å². The number of benzene rings is 2. The number of carbonyl (C=O) groups excluding carboxylic acids is 1. The maximum absolute atomic E-state index is 13.6. The van der Waals surface area contributed by atoms with Crippen LogP contribution in [0.1, 0.15) is 38.7 Å². The molecule has 3 rings (SSSR count). The van der Waals surface area contributed by atoms with Crippen LogP contribution in [0.2, 0.25) is 0 Å². The molecule has 0 aromatic heterocycles. The van der Waals surface area contributed by atoms with Gasteiger partial charge in [-0.05, 0) is 68.7 Å². The first-order valence-corrected chi connectivity index (χ1v) is 10.8. The second-order valence-electron chi connectivity index (χ2n) is 7.54. The smallest absolute Gasteiger partial charge is 0.243 e. The van der Waals surface area contributed by atoms with E-state index in [1.165, 1.54) is 35.6 Å². The summed E-state index contributed by atoms with van der Waals surface area (Å²) in [5.74, 6) is -0.556. The zero-order valence-electron chi connectivity index (χ0n) is 16.3. The molecule has 0 saturated heterocycles. The van der Waals surface area contributed by atoms with Crippen LogP contribution in [0.4, 0.5) is 10.1 Å². The first-order chi connectivity index (χ1) is 13.2. The zero-order valence-corrected chi connectivity index (χ0v) is 17.1. The van der Waals surface area contributed by atoms with E-state index in [9.17, 15) is 17.6 Å². The first kappa shape index (κ1) is 20.5. The number of hydrogen-bond acceptors (Lipinski definition) is 3. The Bertz CT molecular complexity index is 967. The molecule has 0 unspecified atom stereocenters. The lowest BCUT2D eigenvalue weighted by atomic mass is 9.63. The molecule has 2 aromatic carbocycles. The third-order valence-electron chi connectivity index (χ3n) is 5.54. The average molecular weight is 405 g/mol. The van der Waals surface area contributed by atoms with E-state index in [2.05, 4.69) is 5.32 Å². The summed E-state index contributed by atoms with van der Waals surface area (Å²) in [6, 6.07) is 12.1. The van der Waals surface area contributed by atoms with Gasteiger partial charge in [-0.25, -0.2) is 12.8 Å². The van der Waals surface area contributed by atoms with E-state index in [0.29, 0.717) is 24.1 Å². The van der Waals surface area contributed by atoms with Gasteiger partial charge in [0.15, 0.2) is 0 Å². The van der Waals surface area contributed by atoms with Crippen LogP contribution in [0.5, 0.6) is 0 Å². The van der Waals surface area contributed by atoms with Crippen LogP contribution in [0.3, 0.4) is 0 Å². The molecule has 1 aliphatic carbocycles.